The third-order valence-electron chi connectivity index (χ3n) is 3.05. The second kappa shape index (κ2) is 4.03. The molecule has 2 rings (SSSR count). The van der Waals surface area contributed by atoms with Gasteiger partial charge in [0, 0.05) is 25.1 Å². The number of amides is 1. The molecule has 1 aromatic carbocycles. The minimum atomic E-state index is -4.13. The van der Waals surface area contributed by atoms with Crippen molar-refractivity contribution >= 4 is 21.6 Å². The van der Waals surface area contributed by atoms with E-state index in [1.807, 2.05) is 6.92 Å². The lowest BCUT2D eigenvalue weighted by molar-refractivity contribution is -0.116. The van der Waals surface area contributed by atoms with Crippen molar-refractivity contribution in [3.8, 4) is 0 Å². The van der Waals surface area contributed by atoms with Gasteiger partial charge in [0.1, 0.15) is 10.7 Å². The maximum atomic E-state index is 13.7. The summed E-state index contributed by atoms with van der Waals surface area (Å²) >= 11 is 0. The molecule has 7 heteroatoms. The van der Waals surface area contributed by atoms with E-state index in [0.717, 1.165) is 12.1 Å². The van der Waals surface area contributed by atoms with Crippen LogP contribution in [0.15, 0.2) is 17.0 Å². The predicted octanol–water partition coefficient (Wildman–Crippen LogP) is 0.943. The van der Waals surface area contributed by atoms with E-state index in [2.05, 4.69) is 0 Å². The molecule has 1 aromatic rings. The molecular formula is C11H13FN2O3S. The number of nitrogens with two attached hydrogens (primary N) is 1. The highest BCUT2D eigenvalue weighted by atomic mass is 32.2. The molecule has 0 bridgehead atoms. The number of hydrogen-bond acceptors (Lipinski definition) is 3. The Labute approximate surface area is 104 Å². The van der Waals surface area contributed by atoms with E-state index in [0.29, 0.717) is 17.8 Å². The fraction of sp³-hybridized carbons (Fsp3) is 0.364. The van der Waals surface area contributed by atoms with Crippen LogP contribution in [0.25, 0.3) is 0 Å². The first-order valence-corrected chi connectivity index (χ1v) is 6.91. The molecular weight excluding hydrogens is 259 g/mol. The van der Waals surface area contributed by atoms with E-state index in [9.17, 15) is 17.6 Å². The van der Waals surface area contributed by atoms with E-state index >= 15 is 0 Å². The number of anilines is 1. The average Bonchev–Trinajstić information content (AvgIpc) is 2.53. The van der Waals surface area contributed by atoms with Crippen LogP contribution in [0.3, 0.4) is 0 Å². The SMILES string of the molecule is CC(=O)N1CC(C)c2cc(F)c(S(N)(=O)=O)cc21. The van der Waals surface area contributed by atoms with Crippen molar-refractivity contribution in [3.05, 3.63) is 23.5 Å². The van der Waals surface area contributed by atoms with Gasteiger partial charge >= 0.3 is 0 Å². The zero-order chi connectivity index (χ0) is 13.7. The summed E-state index contributed by atoms with van der Waals surface area (Å²) in [6.07, 6.45) is 0. The quantitative estimate of drug-likeness (QED) is 0.826. The van der Waals surface area contributed by atoms with Gasteiger partial charge in [-0.25, -0.2) is 17.9 Å². The van der Waals surface area contributed by atoms with Crippen LogP contribution in [0.5, 0.6) is 0 Å². The van der Waals surface area contributed by atoms with E-state index in [4.69, 9.17) is 5.14 Å². The molecule has 1 aliphatic rings. The highest BCUT2D eigenvalue weighted by Gasteiger charge is 2.31. The van der Waals surface area contributed by atoms with Crippen molar-refractivity contribution < 1.29 is 17.6 Å². The molecule has 5 nitrogen and oxygen atoms in total. The molecule has 0 fully saturated rings. The highest BCUT2D eigenvalue weighted by Crippen LogP contribution is 2.38. The first-order valence-electron chi connectivity index (χ1n) is 5.36. The summed E-state index contributed by atoms with van der Waals surface area (Å²) in [4.78, 5) is 12.3. The molecule has 1 atom stereocenters. The zero-order valence-electron chi connectivity index (χ0n) is 9.97. The number of fused-ring (bicyclic) bond motifs is 1. The van der Waals surface area contributed by atoms with Crippen molar-refractivity contribution in [1.29, 1.82) is 0 Å². The topological polar surface area (TPSA) is 80.5 Å². The third-order valence-corrected chi connectivity index (χ3v) is 3.97. The lowest BCUT2D eigenvalue weighted by Gasteiger charge is -2.15. The second-order valence-electron chi connectivity index (χ2n) is 4.42. The monoisotopic (exact) mass is 272 g/mol. The van der Waals surface area contributed by atoms with Crippen LogP contribution < -0.4 is 10.0 Å². The third kappa shape index (κ3) is 1.99. The van der Waals surface area contributed by atoms with E-state index < -0.39 is 20.7 Å². The summed E-state index contributed by atoms with van der Waals surface area (Å²) in [5, 5.41) is 4.94. The number of rotatable bonds is 1. The van der Waals surface area contributed by atoms with Crippen LogP contribution in [0.2, 0.25) is 0 Å². The average molecular weight is 272 g/mol. The number of hydrogen-bond donors (Lipinski definition) is 1. The van der Waals surface area contributed by atoms with Crippen molar-refractivity contribution in [2.75, 3.05) is 11.4 Å². The molecule has 1 unspecified atom stereocenters. The highest BCUT2D eigenvalue weighted by molar-refractivity contribution is 7.89. The largest absolute Gasteiger partial charge is 0.312 e. The molecule has 2 N–H and O–H groups in total. The summed E-state index contributed by atoms with van der Waals surface area (Å²) in [5.74, 6) is -1.13. The Kier molecular flexibility index (Phi) is 2.90. The van der Waals surface area contributed by atoms with E-state index in [1.165, 1.54) is 11.8 Å². The van der Waals surface area contributed by atoms with Gasteiger partial charge in [0.15, 0.2) is 0 Å². The van der Waals surface area contributed by atoms with E-state index in [-0.39, 0.29) is 11.8 Å². The van der Waals surface area contributed by atoms with Crippen LogP contribution in [0.1, 0.15) is 25.3 Å². The van der Waals surface area contributed by atoms with E-state index in [1.54, 1.807) is 0 Å². The first kappa shape index (κ1) is 13.0. The first-order chi connectivity index (χ1) is 8.21. The molecule has 0 aromatic heterocycles. The second-order valence-corrected chi connectivity index (χ2v) is 5.95. The molecule has 0 saturated heterocycles. The summed E-state index contributed by atoms with van der Waals surface area (Å²) in [5.41, 5.74) is 1.04. The molecule has 0 spiro atoms. The summed E-state index contributed by atoms with van der Waals surface area (Å²) in [7, 11) is -4.13. The Morgan fingerprint density at radius 2 is 2.11 bits per heavy atom. The molecule has 1 amide bonds. The van der Waals surface area contributed by atoms with Crippen LogP contribution in [-0.4, -0.2) is 20.9 Å². The fourth-order valence-electron chi connectivity index (χ4n) is 2.17. The van der Waals surface area contributed by atoms with Crippen molar-refractivity contribution in [3.63, 3.8) is 0 Å². The van der Waals surface area contributed by atoms with Gasteiger partial charge in [-0.3, -0.25) is 4.79 Å². The molecule has 0 saturated carbocycles. The molecule has 0 aliphatic carbocycles. The summed E-state index contributed by atoms with van der Waals surface area (Å²) in [6.45, 7) is 3.64. The van der Waals surface area contributed by atoms with Gasteiger partial charge in [0.05, 0.1) is 0 Å². The van der Waals surface area contributed by atoms with Crippen molar-refractivity contribution in [1.82, 2.24) is 0 Å². The van der Waals surface area contributed by atoms with Gasteiger partial charge in [-0.15, -0.1) is 0 Å². The lowest BCUT2D eigenvalue weighted by Crippen LogP contribution is -2.26. The molecule has 0 radical (unpaired) electrons. The van der Waals surface area contributed by atoms with Crippen molar-refractivity contribution in [2.24, 2.45) is 5.14 Å². The number of benzene rings is 1. The fourth-order valence-corrected chi connectivity index (χ4v) is 2.78. The van der Waals surface area contributed by atoms with Crippen molar-refractivity contribution in [2.45, 2.75) is 24.7 Å². The number of carbonyl (C=O) groups is 1. The van der Waals surface area contributed by atoms with Gasteiger partial charge in [-0.2, -0.15) is 0 Å². The number of primary sulfonamides is 1. The summed E-state index contributed by atoms with van der Waals surface area (Å²) in [6, 6.07) is 2.27. The molecule has 98 valence electrons. The van der Waals surface area contributed by atoms with Crippen LogP contribution in [0.4, 0.5) is 10.1 Å². The Morgan fingerprint density at radius 1 is 1.50 bits per heavy atom. The Hall–Kier alpha value is -1.47. The Bertz CT molecular complexity index is 627. The Morgan fingerprint density at radius 3 is 2.61 bits per heavy atom. The number of nitrogens with zero attached hydrogens (tertiary/aromatic N) is 1. The number of sulfonamides is 1. The number of carbonyl (C=O) groups excluding carboxylic acids is 1. The van der Waals surface area contributed by atoms with Crippen LogP contribution >= 0.6 is 0 Å². The van der Waals surface area contributed by atoms with Gasteiger partial charge < -0.3 is 4.90 Å². The van der Waals surface area contributed by atoms with Gasteiger partial charge in [0.25, 0.3) is 0 Å². The van der Waals surface area contributed by atoms with Crippen LogP contribution in [-0.2, 0) is 14.8 Å². The number of halogens is 1. The normalized spacial score (nSPS) is 18.9. The molecule has 1 heterocycles. The minimum Gasteiger partial charge on any atom is -0.312 e. The predicted molar refractivity (Wildman–Crippen MR) is 64.2 cm³/mol. The smallest absolute Gasteiger partial charge is 0.241 e. The molecule has 1 aliphatic heterocycles. The van der Waals surface area contributed by atoms with Gasteiger partial charge in [0.2, 0.25) is 15.9 Å². The molecule has 18 heavy (non-hydrogen) atoms. The maximum Gasteiger partial charge on any atom is 0.241 e. The lowest BCUT2D eigenvalue weighted by atomic mass is 10.0. The maximum absolute atomic E-state index is 13.7. The minimum absolute atomic E-state index is 0.0343. The zero-order valence-corrected chi connectivity index (χ0v) is 10.8. The standard InChI is InChI=1S/C11H13FN2O3S/c1-6-5-14(7(2)15)10-4-11(18(13,16)17)9(12)3-8(6)10/h3-4,6H,5H2,1-2H3,(H2,13,16,17). The summed E-state index contributed by atoms with van der Waals surface area (Å²) < 4.78 is 36.2. The Balaban J connectivity index is 2.68. The van der Waals surface area contributed by atoms with Gasteiger partial charge in [-0.1, -0.05) is 6.92 Å². The van der Waals surface area contributed by atoms with Crippen LogP contribution in [0, 0.1) is 5.82 Å². The van der Waals surface area contributed by atoms with Gasteiger partial charge in [-0.05, 0) is 17.7 Å².